The van der Waals surface area contributed by atoms with Crippen LogP contribution in [0.1, 0.15) is 42.7 Å². The molecule has 130 valence electrons. The van der Waals surface area contributed by atoms with Crippen LogP contribution in [0.3, 0.4) is 0 Å². The van der Waals surface area contributed by atoms with E-state index in [-0.39, 0.29) is 11.3 Å². The van der Waals surface area contributed by atoms with Crippen molar-refractivity contribution in [3.05, 3.63) is 64.7 Å². The highest BCUT2D eigenvalue weighted by atomic mass is 35.5. The SMILES string of the molecule is O=C(N1CCC(c2ccc(O)cc2)CC1)C1(c2cccc(Cl)c2)CC1. The van der Waals surface area contributed by atoms with Crippen LogP contribution in [-0.4, -0.2) is 29.0 Å². The fraction of sp³-hybridized carbons (Fsp3) is 0.381. The Hall–Kier alpha value is -2.00. The van der Waals surface area contributed by atoms with Gasteiger partial charge in [0.1, 0.15) is 5.75 Å². The maximum Gasteiger partial charge on any atom is 0.233 e. The van der Waals surface area contributed by atoms with Crippen molar-refractivity contribution < 1.29 is 9.90 Å². The zero-order valence-electron chi connectivity index (χ0n) is 14.1. The van der Waals surface area contributed by atoms with E-state index in [1.807, 2.05) is 41.3 Å². The van der Waals surface area contributed by atoms with Gasteiger partial charge in [0.2, 0.25) is 5.91 Å². The molecular formula is C21H22ClNO2. The molecule has 0 spiro atoms. The summed E-state index contributed by atoms with van der Waals surface area (Å²) in [5.41, 5.74) is 1.97. The van der Waals surface area contributed by atoms with Gasteiger partial charge in [-0.1, -0.05) is 35.9 Å². The minimum absolute atomic E-state index is 0.263. The molecule has 2 aromatic carbocycles. The topological polar surface area (TPSA) is 40.5 Å². The number of phenols is 1. The van der Waals surface area contributed by atoms with Gasteiger partial charge in [-0.3, -0.25) is 4.79 Å². The van der Waals surface area contributed by atoms with Gasteiger partial charge in [-0.15, -0.1) is 0 Å². The van der Waals surface area contributed by atoms with Gasteiger partial charge in [0.25, 0.3) is 0 Å². The number of rotatable bonds is 3. The average Bonchev–Trinajstić information content (AvgIpc) is 3.44. The molecule has 1 amide bonds. The fourth-order valence-corrected chi connectivity index (χ4v) is 4.19. The predicted octanol–water partition coefficient (Wildman–Crippen LogP) is 4.48. The monoisotopic (exact) mass is 355 g/mol. The number of amides is 1. The number of hydrogen-bond acceptors (Lipinski definition) is 2. The lowest BCUT2D eigenvalue weighted by Gasteiger charge is -2.35. The smallest absolute Gasteiger partial charge is 0.233 e. The normalized spacial score (nSPS) is 19.6. The number of likely N-dealkylation sites (tertiary alicyclic amines) is 1. The number of phenolic OH excluding ortho intramolecular Hbond substituents is 1. The van der Waals surface area contributed by atoms with Crippen LogP contribution in [0.5, 0.6) is 5.75 Å². The molecule has 1 saturated carbocycles. The van der Waals surface area contributed by atoms with Crippen LogP contribution in [0.2, 0.25) is 5.02 Å². The van der Waals surface area contributed by atoms with Gasteiger partial charge in [0.15, 0.2) is 0 Å². The van der Waals surface area contributed by atoms with Crippen molar-refractivity contribution in [3.63, 3.8) is 0 Å². The molecule has 2 aromatic rings. The number of aromatic hydroxyl groups is 1. The maximum absolute atomic E-state index is 13.1. The van der Waals surface area contributed by atoms with E-state index in [2.05, 4.69) is 0 Å². The summed E-state index contributed by atoms with van der Waals surface area (Å²) in [5.74, 6) is 1.03. The van der Waals surface area contributed by atoms with Gasteiger partial charge in [-0.05, 0) is 67.0 Å². The highest BCUT2D eigenvalue weighted by Gasteiger charge is 2.53. The molecular weight excluding hydrogens is 334 g/mol. The Labute approximate surface area is 153 Å². The molecule has 4 rings (SSSR count). The lowest BCUT2D eigenvalue weighted by Crippen LogP contribution is -2.43. The van der Waals surface area contributed by atoms with Gasteiger partial charge in [-0.2, -0.15) is 0 Å². The highest BCUT2D eigenvalue weighted by Crippen LogP contribution is 2.50. The van der Waals surface area contributed by atoms with E-state index in [1.54, 1.807) is 12.1 Å². The van der Waals surface area contributed by atoms with Gasteiger partial charge in [-0.25, -0.2) is 0 Å². The number of nitrogens with zero attached hydrogens (tertiary/aromatic N) is 1. The number of carbonyl (C=O) groups excluding carboxylic acids is 1. The third kappa shape index (κ3) is 3.13. The molecule has 0 atom stereocenters. The Kier molecular flexibility index (Phi) is 4.20. The van der Waals surface area contributed by atoms with Gasteiger partial charge in [0, 0.05) is 18.1 Å². The summed E-state index contributed by atoms with van der Waals surface area (Å²) in [6.45, 7) is 1.60. The number of carbonyl (C=O) groups is 1. The minimum atomic E-state index is -0.337. The molecule has 1 aliphatic carbocycles. The van der Waals surface area contributed by atoms with E-state index in [4.69, 9.17) is 11.6 Å². The fourth-order valence-electron chi connectivity index (χ4n) is 4.00. The molecule has 25 heavy (non-hydrogen) atoms. The van der Waals surface area contributed by atoms with E-state index in [1.165, 1.54) is 5.56 Å². The molecule has 0 radical (unpaired) electrons. The lowest BCUT2D eigenvalue weighted by molar-refractivity contribution is -0.135. The standard InChI is InChI=1S/C21H22ClNO2/c22-18-3-1-2-17(14-18)21(10-11-21)20(25)23-12-8-16(9-13-23)15-4-6-19(24)7-5-15/h1-7,14,16,24H,8-13H2. The Morgan fingerprint density at radius 3 is 2.36 bits per heavy atom. The Bertz CT molecular complexity index is 775. The Morgan fingerprint density at radius 2 is 1.76 bits per heavy atom. The first-order valence-electron chi connectivity index (χ1n) is 8.93. The minimum Gasteiger partial charge on any atom is -0.508 e. The van der Waals surface area contributed by atoms with Crippen LogP contribution in [0.4, 0.5) is 0 Å². The summed E-state index contributed by atoms with van der Waals surface area (Å²) < 4.78 is 0. The van der Waals surface area contributed by atoms with Crippen molar-refractivity contribution in [2.45, 2.75) is 37.0 Å². The number of piperidine rings is 1. The van der Waals surface area contributed by atoms with Crippen LogP contribution < -0.4 is 0 Å². The molecule has 2 aliphatic rings. The second kappa shape index (κ2) is 6.38. The van der Waals surface area contributed by atoms with Crippen LogP contribution in [0, 0.1) is 0 Å². The van der Waals surface area contributed by atoms with Crippen molar-refractivity contribution >= 4 is 17.5 Å². The van der Waals surface area contributed by atoms with E-state index in [0.717, 1.165) is 44.3 Å². The van der Waals surface area contributed by atoms with Gasteiger partial charge < -0.3 is 10.0 Å². The molecule has 0 unspecified atom stereocenters. The largest absolute Gasteiger partial charge is 0.508 e. The van der Waals surface area contributed by atoms with Gasteiger partial charge >= 0.3 is 0 Å². The van der Waals surface area contributed by atoms with E-state index in [0.29, 0.717) is 16.7 Å². The predicted molar refractivity (Wildman–Crippen MR) is 99.0 cm³/mol. The Morgan fingerprint density at radius 1 is 1.08 bits per heavy atom. The first-order valence-corrected chi connectivity index (χ1v) is 9.31. The van der Waals surface area contributed by atoms with Crippen LogP contribution in [0.15, 0.2) is 48.5 Å². The lowest BCUT2D eigenvalue weighted by atomic mass is 9.87. The zero-order chi connectivity index (χ0) is 17.4. The maximum atomic E-state index is 13.1. The van der Waals surface area contributed by atoms with Crippen molar-refractivity contribution in [2.24, 2.45) is 0 Å². The van der Waals surface area contributed by atoms with E-state index in [9.17, 15) is 9.90 Å². The third-order valence-electron chi connectivity index (χ3n) is 5.68. The van der Waals surface area contributed by atoms with Crippen LogP contribution >= 0.6 is 11.6 Å². The molecule has 1 saturated heterocycles. The van der Waals surface area contributed by atoms with Crippen molar-refractivity contribution in [3.8, 4) is 5.75 Å². The first-order chi connectivity index (χ1) is 12.1. The second-order valence-corrected chi connectivity index (χ2v) is 7.69. The molecule has 0 aromatic heterocycles. The summed E-state index contributed by atoms with van der Waals surface area (Å²) in [4.78, 5) is 15.2. The van der Waals surface area contributed by atoms with Gasteiger partial charge in [0.05, 0.1) is 5.41 Å². The number of benzene rings is 2. The second-order valence-electron chi connectivity index (χ2n) is 7.25. The van der Waals surface area contributed by atoms with Crippen LogP contribution in [0.25, 0.3) is 0 Å². The van der Waals surface area contributed by atoms with Crippen molar-refractivity contribution in [2.75, 3.05) is 13.1 Å². The molecule has 1 N–H and O–H groups in total. The van der Waals surface area contributed by atoms with E-state index < -0.39 is 0 Å². The highest BCUT2D eigenvalue weighted by molar-refractivity contribution is 6.30. The molecule has 1 heterocycles. The van der Waals surface area contributed by atoms with Crippen LogP contribution in [-0.2, 0) is 10.2 Å². The first kappa shape index (κ1) is 16.5. The summed E-state index contributed by atoms with van der Waals surface area (Å²) in [6.07, 6.45) is 3.79. The molecule has 0 bridgehead atoms. The summed E-state index contributed by atoms with van der Waals surface area (Å²) in [7, 11) is 0. The summed E-state index contributed by atoms with van der Waals surface area (Å²) >= 11 is 6.12. The van der Waals surface area contributed by atoms with E-state index >= 15 is 0 Å². The number of hydrogen-bond donors (Lipinski definition) is 1. The summed E-state index contributed by atoms with van der Waals surface area (Å²) in [6, 6.07) is 15.2. The van der Waals surface area contributed by atoms with Crippen molar-refractivity contribution in [1.82, 2.24) is 4.90 Å². The Balaban J connectivity index is 1.44. The number of halogens is 1. The zero-order valence-corrected chi connectivity index (χ0v) is 14.9. The molecule has 3 nitrogen and oxygen atoms in total. The van der Waals surface area contributed by atoms with Crippen molar-refractivity contribution in [1.29, 1.82) is 0 Å². The summed E-state index contributed by atoms with van der Waals surface area (Å²) in [5, 5.41) is 10.1. The molecule has 4 heteroatoms. The third-order valence-corrected chi connectivity index (χ3v) is 5.92. The quantitative estimate of drug-likeness (QED) is 0.881. The average molecular weight is 356 g/mol. The molecule has 1 aliphatic heterocycles. The molecule has 2 fully saturated rings.